The second-order valence-corrected chi connectivity index (χ2v) is 6.19. The lowest BCUT2D eigenvalue weighted by atomic mass is 10.2. The van der Waals surface area contributed by atoms with Crippen LogP contribution in [0.5, 0.6) is 0 Å². The predicted octanol–water partition coefficient (Wildman–Crippen LogP) is 3.57. The van der Waals surface area contributed by atoms with Crippen molar-refractivity contribution < 1.29 is 4.79 Å². The number of aromatic nitrogens is 2. The molecule has 4 nitrogen and oxygen atoms in total. The molecule has 1 aliphatic rings. The van der Waals surface area contributed by atoms with Gasteiger partial charge >= 0.3 is 0 Å². The van der Waals surface area contributed by atoms with Gasteiger partial charge in [-0.2, -0.15) is 5.10 Å². The number of unbranched alkanes of at least 4 members (excludes halogenated alkanes) is 1. The van der Waals surface area contributed by atoms with Crippen molar-refractivity contribution in [2.45, 2.75) is 59.0 Å². The molecule has 5 heteroatoms. The second kappa shape index (κ2) is 7.12. The Morgan fingerprint density at radius 3 is 2.90 bits per heavy atom. The number of nitrogens with one attached hydrogen (secondary N) is 1. The van der Waals surface area contributed by atoms with Gasteiger partial charge in [0.15, 0.2) is 0 Å². The van der Waals surface area contributed by atoms with Crippen LogP contribution in [0.15, 0.2) is 6.08 Å². The van der Waals surface area contributed by atoms with Gasteiger partial charge in [0.1, 0.15) is 5.15 Å². The van der Waals surface area contributed by atoms with E-state index in [2.05, 4.69) is 24.3 Å². The van der Waals surface area contributed by atoms with E-state index in [0.717, 1.165) is 30.6 Å². The summed E-state index contributed by atoms with van der Waals surface area (Å²) >= 11 is 6.33. The zero-order valence-corrected chi connectivity index (χ0v) is 13.8. The number of hydrogen-bond donors (Lipinski definition) is 1. The lowest BCUT2D eigenvalue weighted by Crippen LogP contribution is -2.32. The van der Waals surface area contributed by atoms with E-state index in [1.54, 1.807) is 12.2 Å². The molecule has 1 saturated carbocycles. The van der Waals surface area contributed by atoms with Gasteiger partial charge in [-0.3, -0.25) is 9.48 Å². The number of rotatable bonds is 7. The fourth-order valence-corrected chi connectivity index (χ4v) is 2.68. The monoisotopic (exact) mass is 309 g/mol. The molecule has 1 fully saturated rings. The summed E-state index contributed by atoms with van der Waals surface area (Å²) in [5.41, 5.74) is 1.69. The first-order chi connectivity index (χ1) is 10.0. The fraction of sp³-hybridized carbons (Fsp3) is 0.625. The minimum absolute atomic E-state index is 0.0637. The zero-order chi connectivity index (χ0) is 15.4. The molecule has 116 valence electrons. The molecular weight excluding hydrogens is 286 g/mol. The Morgan fingerprint density at radius 2 is 2.29 bits per heavy atom. The van der Waals surface area contributed by atoms with Crippen molar-refractivity contribution in [2.24, 2.45) is 5.92 Å². The van der Waals surface area contributed by atoms with Gasteiger partial charge in [0.05, 0.1) is 5.69 Å². The van der Waals surface area contributed by atoms with E-state index in [-0.39, 0.29) is 11.9 Å². The highest BCUT2D eigenvalue weighted by molar-refractivity contribution is 6.31. The molecule has 0 radical (unpaired) electrons. The van der Waals surface area contributed by atoms with Gasteiger partial charge in [0.25, 0.3) is 0 Å². The Hall–Kier alpha value is -1.29. The minimum Gasteiger partial charge on any atom is -0.350 e. The third-order valence-corrected chi connectivity index (χ3v) is 4.33. The molecule has 1 atom stereocenters. The molecule has 0 aromatic carbocycles. The standard InChI is InChI=1S/C16H24ClN3O/c1-4-5-10-20-16(17)14(12(3)19-20)8-9-15(21)18-11(2)13-6-7-13/h8-9,11,13H,4-7,10H2,1-3H3,(H,18,21)/b9-8+. The van der Waals surface area contributed by atoms with Crippen molar-refractivity contribution in [3.63, 3.8) is 0 Å². The number of halogens is 1. The van der Waals surface area contributed by atoms with Crippen LogP contribution in [0.25, 0.3) is 6.08 Å². The highest BCUT2D eigenvalue weighted by atomic mass is 35.5. The van der Waals surface area contributed by atoms with Crippen molar-refractivity contribution in [1.29, 1.82) is 0 Å². The van der Waals surface area contributed by atoms with Crippen molar-refractivity contribution in [3.8, 4) is 0 Å². The molecule has 1 aromatic heterocycles. The Labute approximate surface area is 131 Å². The summed E-state index contributed by atoms with van der Waals surface area (Å²) in [6.45, 7) is 6.93. The molecule has 1 unspecified atom stereocenters. The summed E-state index contributed by atoms with van der Waals surface area (Å²) < 4.78 is 1.81. The first-order valence-electron chi connectivity index (χ1n) is 7.74. The lowest BCUT2D eigenvalue weighted by molar-refractivity contribution is -0.117. The summed E-state index contributed by atoms with van der Waals surface area (Å²) in [6, 6.07) is 0.256. The molecule has 0 aliphatic heterocycles. The normalized spacial score (nSPS) is 16.4. The average molecular weight is 310 g/mol. The highest BCUT2D eigenvalue weighted by Crippen LogP contribution is 2.32. The number of carbonyl (C=O) groups is 1. The number of nitrogens with zero attached hydrogens (tertiary/aromatic N) is 2. The third kappa shape index (κ3) is 4.34. The summed E-state index contributed by atoms with van der Waals surface area (Å²) in [7, 11) is 0. The number of aryl methyl sites for hydroxylation is 2. The van der Waals surface area contributed by atoms with E-state index in [1.807, 2.05) is 11.6 Å². The molecule has 0 saturated heterocycles. The van der Waals surface area contributed by atoms with Crippen LogP contribution in [-0.2, 0) is 11.3 Å². The molecular formula is C16H24ClN3O. The molecule has 1 aliphatic carbocycles. The largest absolute Gasteiger partial charge is 0.350 e. The van der Waals surface area contributed by atoms with Crippen molar-refractivity contribution in [3.05, 3.63) is 22.5 Å². The van der Waals surface area contributed by atoms with Gasteiger partial charge < -0.3 is 5.32 Å². The molecule has 2 rings (SSSR count). The van der Waals surface area contributed by atoms with Gasteiger partial charge in [-0.05, 0) is 45.1 Å². The Balaban J connectivity index is 1.99. The van der Waals surface area contributed by atoms with Crippen LogP contribution in [0, 0.1) is 12.8 Å². The topological polar surface area (TPSA) is 46.9 Å². The van der Waals surface area contributed by atoms with Crippen LogP contribution in [0.1, 0.15) is 50.8 Å². The van der Waals surface area contributed by atoms with E-state index in [9.17, 15) is 4.79 Å². The van der Waals surface area contributed by atoms with Crippen LogP contribution in [-0.4, -0.2) is 21.7 Å². The Kier molecular flexibility index (Phi) is 5.45. The van der Waals surface area contributed by atoms with E-state index in [0.29, 0.717) is 11.1 Å². The number of carbonyl (C=O) groups excluding carboxylic acids is 1. The smallest absolute Gasteiger partial charge is 0.244 e. The first kappa shape index (κ1) is 16.1. The Morgan fingerprint density at radius 1 is 1.57 bits per heavy atom. The summed E-state index contributed by atoms with van der Waals surface area (Å²) in [6.07, 6.45) is 7.91. The van der Waals surface area contributed by atoms with Gasteiger partial charge in [0, 0.05) is 24.2 Å². The van der Waals surface area contributed by atoms with Gasteiger partial charge in [-0.1, -0.05) is 24.9 Å². The van der Waals surface area contributed by atoms with E-state index in [1.165, 1.54) is 12.8 Å². The van der Waals surface area contributed by atoms with Crippen LogP contribution in [0.3, 0.4) is 0 Å². The Bertz CT molecular complexity index is 532. The van der Waals surface area contributed by atoms with Gasteiger partial charge in [-0.15, -0.1) is 0 Å². The van der Waals surface area contributed by atoms with E-state index < -0.39 is 0 Å². The predicted molar refractivity (Wildman–Crippen MR) is 86.2 cm³/mol. The van der Waals surface area contributed by atoms with Crippen LogP contribution in [0.4, 0.5) is 0 Å². The second-order valence-electron chi connectivity index (χ2n) is 5.83. The van der Waals surface area contributed by atoms with Crippen molar-refractivity contribution >= 4 is 23.6 Å². The molecule has 1 amide bonds. The lowest BCUT2D eigenvalue weighted by Gasteiger charge is -2.10. The fourth-order valence-electron chi connectivity index (χ4n) is 2.36. The van der Waals surface area contributed by atoms with Gasteiger partial charge in [-0.25, -0.2) is 0 Å². The summed E-state index contributed by atoms with van der Waals surface area (Å²) in [5, 5.41) is 8.03. The molecule has 1 N–H and O–H groups in total. The molecule has 21 heavy (non-hydrogen) atoms. The van der Waals surface area contributed by atoms with Gasteiger partial charge in [0.2, 0.25) is 5.91 Å². The number of hydrogen-bond acceptors (Lipinski definition) is 2. The molecule has 0 bridgehead atoms. The molecule has 1 aromatic rings. The minimum atomic E-state index is -0.0637. The maximum absolute atomic E-state index is 11.9. The highest BCUT2D eigenvalue weighted by Gasteiger charge is 2.28. The van der Waals surface area contributed by atoms with E-state index in [4.69, 9.17) is 11.6 Å². The van der Waals surface area contributed by atoms with Crippen LogP contribution < -0.4 is 5.32 Å². The SMILES string of the molecule is CCCCn1nc(C)c(/C=C/C(=O)NC(C)C2CC2)c1Cl. The van der Waals surface area contributed by atoms with Crippen LogP contribution in [0.2, 0.25) is 5.15 Å². The zero-order valence-electron chi connectivity index (χ0n) is 13.0. The quantitative estimate of drug-likeness (QED) is 0.783. The van der Waals surface area contributed by atoms with Crippen LogP contribution >= 0.6 is 11.6 Å². The summed E-state index contributed by atoms with van der Waals surface area (Å²) in [4.78, 5) is 11.9. The third-order valence-electron chi connectivity index (χ3n) is 3.93. The maximum Gasteiger partial charge on any atom is 0.244 e. The van der Waals surface area contributed by atoms with Crippen molar-refractivity contribution in [1.82, 2.24) is 15.1 Å². The van der Waals surface area contributed by atoms with Crippen molar-refractivity contribution in [2.75, 3.05) is 0 Å². The maximum atomic E-state index is 11.9. The average Bonchev–Trinajstić information content (AvgIpc) is 3.24. The first-order valence-corrected chi connectivity index (χ1v) is 8.12. The number of amides is 1. The molecule has 1 heterocycles. The summed E-state index contributed by atoms with van der Waals surface area (Å²) in [5.74, 6) is 0.593. The van der Waals surface area contributed by atoms with E-state index >= 15 is 0 Å². The molecule has 0 spiro atoms.